The van der Waals surface area contributed by atoms with Gasteiger partial charge in [0.2, 0.25) is 0 Å². The van der Waals surface area contributed by atoms with Crippen LogP contribution in [0, 0.1) is 28.5 Å². The molecule has 0 amide bonds. The summed E-state index contributed by atoms with van der Waals surface area (Å²) in [5, 5.41) is 9.52. The Morgan fingerprint density at radius 1 is 1.42 bits per heavy atom. The Morgan fingerprint density at radius 3 is 2.67 bits per heavy atom. The molecule has 0 saturated carbocycles. The number of rotatable bonds is 2. The number of aliphatic imine (C=N–C) groups is 1. The van der Waals surface area contributed by atoms with Crippen LogP contribution in [0.1, 0.15) is 32.8 Å². The molecule has 1 aromatic rings. The van der Waals surface area contributed by atoms with Crippen LogP contribution in [0.3, 0.4) is 0 Å². The molecule has 128 valence electrons. The zero-order valence-corrected chi connectivity index (χ0v) is 14.0. The van der Waals surface area contributed by atoms with E-state index in [-0.39, 0.29) is 18.9 Å². The summed E-state index contributed by atoms with van der Waals surface area (Å²) in [6, 6.07) is 8.45. The fourth-order valence-electron chi connectivity index (χ4n) is 3.89. The molecule has 1 fully saturated rings. The van der Waals surface area contributed by atoms with Gasteiger partial charge in [-0.1, -0.05) is 18.2 Å². The number of nitrogens with two attached hydrogens (primary N) is 1. The first-order chi connectivity index (χ1) is 11.1. The molecule has 24 heavy (non-hydrogen) atoms. The number of halogens is 2. The standard InChI is InChI=1S/C18H21F2N3O/c1-16(2,20)14-12-8-17(3,9-21)15(22)23-18(12,10-24-14)11-6-4-5-7-13(11)19/h4-7,12,14H,8,10H2,1-3H3,(H2,22,23)/t12-,14?,17-,18-/m1/s1. The van der Waals surface area contributed by atoms with Crippen molar-refractivity contribution in [2.24, 2.45) is 22.1 Å². The monoisotopic (exact) mass is 333 g/mol. The van der Waals surface area contributed by atoms with Crippen LogP contribution < -0.4 is 5.73 Å². The molecule has 2 heterocycles. The first-order valence-electron chi connectivity index (χ1n) is 7.97. The van der Waals surface area contributed by atoms with Crippen LogP contribution in [-0.2, 0) is 10.3 Å². The first kappa shape index (κ1) is 16.8. The van der Waals surface area contributed by atoms with E-state index in [0.717, 1.165) is 0 Å². The van der Waals surface area contributed by atoms with Crippen LogP contribution in [0.25, 0.3) is 0 Å². The van der Waals surface area contributed by atoms with Crippen molar-refractivity contribution in [2.75, 3.05) is 6.61 Å². The van der Waals surface area contributed by atoms with Gasteiger partial charge in [-0.05, 0) is 33.3 Å². The van der Waals surface area contributed by atoms with Crippen molar-refractivity contribution in [2.45, 2.75) is 44.5 Å². The molecule has 4 nitrogen and oxygen atoms in total. The molecule has 2 aliphatic heterocycles. The fourth-order valence-corrected chi connectivity index (χ4v) is 3.89. The highest BCUT2D eigenvalue weighted by Crippen LogP contribution is 2.54. The van der Waals surface area contributed by atoms with E-state index in [1.54, 1.807) is 25.1 Å². The van der Waals surface area contributed by atoms with Gasteiger partial charge in [0.05, 0.1) is 18.8 Å². The van der Waals surface area contributed by atoms with Crippen LogP contribution in [0.4, 0.5) is 8.78 Å². The average Bonchev–Trinajstić information content (AvgIpc) is 2.87. The van der Waals surface area contributed by atoms with E-state index in [0.29, 0.717) is 5.56 Å². The highest BCUT2D eigenvalue weighted by atomic mass is 19.1. The third kappa shape index (κ3) is 2.30. The van der Waals surface area contributed by atoms with Crippen LogP contribution in [-0.4, -0.2) is 24.2 Å². The van der Waals surface area contributed by atoms with Crippen molar-refractivity contribution < 1.29 is 13.5 Å². The summed E-state index contributed by atoms with van der Waals surface area (Å²) in [5.41, 5.74) is 2.64. The summed E-state index contributed by atoms with van der Waals surface area (Å²) < 4.78 is 35.0. The minimum Gasteiger partial charge on any atom is -0.386 e. The number of fused-ring (bicyclic) bond motifs is 1. The molecule has 2 aliphatic rings. The minimum absolute atomic E-state index is 0.0405. The average molecular weight is 333 g/mol. The number of benzene rings is 1. The lowest BCUT2D eigenvalue weighted by molar-refractivity contribution is -0.0285. The maximum atomic E-state index is 14.7. The Balaban J connectivity index is 2.22. The molecule has 0 spiro atoms. The minimum atomic E-state index is -1.64. The molecule has 2 N–H and O–H groups in total. The van der Waals surface area contributed by atoms with Gasteiger partial charge in [0.1, 0.15) is 28.3 Å². The highest BCUT2D eigenvalue weighted by Gasteiger charge is 2.61. The van der Waals surface area contributed by atoms with Crippen molar-refractivity contribution in [1.82, 2.24) is 0 Å². The molecule has 0 aliphatic carbocycles. The van der Waals surface area contributed by atoms with E-state index in [2.05, 4.69) is 11.1 Å². The smallest absolute Gasteiger partial charge is 0.131 e. The molecule has 0 bridgehead atoms. The molecular weight excluding hydrogens is 312 g/mol. The number of nitriles is 1. The Bertz CT molecular complexity index is 737. The van der Waals surface area contributed by atoms with Gasteiger partial charge >= 0.3 is 0 Å². The van der Waals surface area contributed by atoms with Gasteiger partial charge in [-0.25, -0.2) is 8.78 Å². The van der Waals surface area contributed by atoms with Gasteiger partial charge in [-0.15, -0.1) is 0 Å². The van der Waals surface area contributed by atoms with Crippen molar-refractivity contribution in [3.63, 3.8) is 0 Å². The van der Waals surface area contributed by atoms with Crippen molar-refractivity contribution in [3.8, 4) is 6.07 Å². The molecule has 6 heteroatoms. The number of ether oxygens (including phenoxy) is 1. The van der Waals surface area contributed by atoms with Crippen LogP contribution in [0.15, 0.2) is 29.3 Å². The molecule has 4 atom stereocenters. The third-order valence-corrected chi connectivity index (χ3v) is 5.24. The Labute approximate surface area is 140 Å². The van der Waals surface area contributed by atoms with Gasteiger partial charge in [0, 0.05) is 11.5 Å². The lowest BCUT2D eigenvalue weighted by atomic mass is 9.65. The number of hydrogen-bond acceptors (Lipinski definition) is 4. The fraction of sp³-hybridized carbons (Fsp3) is 0.556. The van der Waals surface area contributed by atoms with E-state index < -0.39 is 34.5 Å². The molecule has 0 aromatic heterocycles. The molecule has 1 unspecified atom stereocenters. The molecule has 0 radical (unpaired) electrons. The maximum absolute atomic E-state index is 14.7. The van der Waals surface area contributed by atoms with Gasteiger partial charge in [-0.3, -0.25) is 4.99 Å². The van der Waals surface area contributed by atoms with Gasteiger partial charge in [0.15, 0.2) is 0 Å². The summed E-state index contributed by atoms with van der Waals surface area (Å²) in [4.78, 5) is 4.53. The van der Waals surface area contributed by atoms with Gasteiger partial charge in [0.25, 0.3) is 0 Å². The zero-order valence-electron chi connectivity index (χ0n) is 14.0. The summed E-state index contributed by atoms with van der Waals surface area (Å²) >= 11 is 0. The predicted molar refractivity (Wildman–Crippen MR) is 86.5 cm³/mol. The van der Waals surface area contributed by atoms with Gasteiger partial charge < -0.3 is 10.5 Å². The van der Waals surface area contributed by atoms with Crippen LogP contribution in [0.2, 0.25) is 0 Å². The number of hydrogen-bond donors (Lipinski definition) is 1. The van der Waals surface area contributed by atoms with E-state index in [1.165, 1.54) is 19.9 Å². The number of nitrogens with zero attached hydrogens (tertiary/aromatic N) is 2. The zero-order chi connectivity index (χ0) is 17.8. The van der Waals surface area contributed by atoms with Gasteiger partial charge in [-0.2, -0.15) is 5.26 Å². The van der Waals surface area contributed by atoms with Crippen LogP contribution >= 0.6 is 0 Å². The Kier molecular flexibility index (Phi) is 3.68. The summed E-state index contributed by atoms with van der Waals surface area (Å²) in [6.45, 7) is 4.58. The van der Waals surface area contributed by atoms with Crippen molar-refractivity contribution in [1.29, 1.82) is 5.26 Å². The quantitative estimate of drug-likeness (QED) is 0.904. The SMILES string of the molecule is CC(C)(F)C1OC[C@]2(c3ccccc3F)N=C(N)[C@@](C)(C#N)C[C@H]12. The van der Waals surface area contributed by atoms with Crippen LogP contribution in [0.5, 0.6) is 0 Å². The molecule has 3 rings (SSSR count). The van der Waals surface area contributed by atoms with Crippen molar-refractivity contribution >= 4 is 5.84 Å². The number of alkyl halides is 1. The van der Waals surface area contributed by atoms with Crippen molar-refractivity contribution in [3.05, 3.63) is 35.6 Å². The van der Waals surface area contributed by atoms with E-state index in [1.807, 2.05) is 0 Å². The topological polar surface area (TPSA) is 71.4 Å². The predicted octanol–water partition coefficient (Wildman–Crippen LogP) is 3.07. The van der Waals surface area contributed by atoms with E-state index in [4.69, 9.17) is 10.5 Å². The molecule has 1 aromatic carbocycles. The second-order valence-corrected chi connectivity index (χ2v) is 7.45. The lowest BCUT2D eigenvalue weighted by Crippen LogP contribution is -2.52. The van der Waals surface area contributed by atoms with E-state index in [9.17, 15) is 14.0 Å². The second kappa shape index (κ2) is 5.25. The first-order valence-corrected chi connectivity index (χ1v) is 7.97. The summed E-state index contributed by atoms with van der Waals surface area (Å²) in [6.07, 6.45) is -0.521. The molecular formula is C18H21F2N3O. The Hall–Kier alpha value is -2.00. The van der Waals surface area contributed by atoms with E-state index >= 15 is 0 Å². The second-order valence-electron chi connectivity index (χ2n) is 7.45. The maximum Gasteiger partial charge on any atom is 0.131 e. The summed E-state index contributed by atoms with van der Waals surface area (Å²) in [5.74, 6) is -0.766. The third-order valence-electron chi connectivity index (χ3n) is 5.24. The lowest BCUT2D eigenvalue weighted by Gasteiger charge is -2.43. The Morgan fingerprint density at radius 2 is 2.08 bits per heavy atom. The summed E-state index contributed by atoms with van der Waals surface area (Å²) in [7, 11) is 0. The number of amidine groups is 1. The largest absolute Gasteiger partial charge is 0.386 e. The highest BCUT2D eigenvalue weighted by molar-refractivity contribution is 5.90. The normalized spacial score (nSPS) is 35.9. The molecule has 1 saturated heterocycles.